The van der Waals surface area contributed by atoms with E-state index < -0.39 is 18.0 Å². The molecule has 1 amide bonds. The molecular weight excluding hydrogens is 275 g/mol. The van der Waals surface area contributed by atoms with Crippen LogP contribution in [0.15, 0.2) is 12.7 Å². The Bertz CT molecular complexity index is 525. The number of fused-ring (bicyclic) bond motifs is 1. The summed E-state index contributed by atoms with van der Waals surface area (Å²) in [7, 11) is 0. The number of carbonyl (C=O) groups excluding carboxylic acids is 1. The molecule has 1 unspecified atom stereocenters. The molecule has 110 valence electrons. The van der Waals surface area contributed by atoms with E-state index in [1.54, 1.807) is 0 Å². The Hall–Kier alpha value is -1.90. The molecule has 0 saturated carbocycles. The van der Waals surface area contributed by atoms with Crippen LogP contribution in [0.4, 0.5) is 13.2 Å². The number of rotatable bonds is 3. The number of amides is 1. The minimum Gasteiger partial charge on any atom is -0.332 e. The molecule has 0 radical (unpaired) electrons. The van der Waals surface area contributed by atoms with Crippen molar-refractivity contribution in [3.63, 3.8) is 0 Å². The lowest BCUT2D eigenvalue weighted by atomic mass is 10.2. The molecule has 0 aliphatic carbocycles. The molecule has 2 heterocycles. The Morgan fingerprint density at radius 1 is 1.45 bits per heavy atom. The van der Waals surface area contributed by atoms with Crippen molar-refractivity contribution in [1.29, 1.82) is 0 Å². The van der Waals surface area contributed by atoms with Crippen molar-refractivity contribution in [2.24, 2.45) is 5.73 Å². The van der Waals surface area contributed by atoms with Gasteiger partial charge in [-0.2, -0.15) is 13.2 Å². The van der Waals surface area contributed by atoms with Crippen LogP contribution >= 0.6 is 0 Å². The lowest BCUT2D eigenvalue weighted by Crippen LogP contribution is -2.47. The third kappa shape index (κ3) is 2.67. The molecule has 9 heteroatoms. The third-order valence-electron chi connectivity index (χ3n) is 3.06. The minimum atomic E-state index is -4.54. The number of carbonyl (C=O) groups is 1. The molecule has 2 N–H and O–H groups in total. The Balaban J connectivity index is 2.15. The normalized spacial score (nSPS) is 16.7. The van der Waals surface area contributed by atoms with Gasteiger partial charge in [-0.05, 0) is 6.42 Å². The smallest absolute Gasteiger partial charge is 0.332 e. The van der Waals surface area contributed by atoms with E-state index >= 15 is 0 Å². The van der Waals surface area contributed by atoms with Gasteiger partial charge in [-0.3, -0.25) is 4.79 Å². The summed E-state index contributed by atoms with van der Waals surface area (Å²) in [5.41, 5.74) is 5.67. The van der Waals surface area contributed by atoms with Crippen molar-refractivity contribution in [3.8, 4) is 0 Å². The van der Waals surface area contributed by atoms with E-state index in [0.717, 1.165) is 4.57 Å². The zero-order valence-electron chi connectivity index (χ0n) is 10.6. The van der Waals surface area contributed by atoms with Crippen LogP contribution in [0.3, 0.4) is 0 Å². The number of hydrogen-bond donors (Lipinski definition) is 1. The molecule has 1 aromatic heterocycles. The standard InChI is InChI=1S/C11H14F3N5O/c1-2-3-7(15)9(20)18-4-5-19-8(6-18)16-17-10(19)11(12,13)14/h2,7H,1,3-6,15H2. The van der Waals surface area contributed by atoms with Gasteiger partial charge in [0.05, 0.1) is 12.6 Å². The van der Waals surface area contributed by atoms with E-state index in [2.05, 4.69) is 16.8 Å². The van der Waals surface area contributed by atoms with Gasteiger partial charge in [0.2, 0.25) is 11.7 Å². The van der Waals surface area contributed by atoms with Crippen LogP contribution in [-0.2, 0) is 24.1 Å². The van der Waals surface area contributed by atoms with Crippen LogP contribution < -0.4 is 5.73 Å². The molecule has 1 atom stereocenters. The first-order valence-electron chi connectivity index (χ1n) is 5.99. The van der Waals surface area contributed by atoms with Crippen molar-refractivity contribution < 1.29 is 18.0 Å². The minimum absolute atomic E-state index is 0.00370. The summed E-state index contributed by atoms with van der Waals surface area (Å²) in [6.07, 6.45) is -2.71. The third-order valence-corrected chi connectivity index (χ3v) is 3.06. The molecule has 0 spiro atoms. The van der Waals surface area contributed by atoms with Gasteiger partial charge in [0.25, 0.3) is 0 Å². The summed E-state index contributed by atoms with van der Waals surface area (Å²) in [5.74, 6) is -1.24. The molecule has 20 heavy (non-hydrogen) atoms. The largest absolute Gasteiger partial charge is 0.451 e. The molecule has 1 aromatic rings. The number of nitrogens with two attached hydrogens (primary N) is 1. The zero-order valence-corrected chi connectivity index (χ0v) is 10.6. The van der Waals surface area contributed by atoms with Gasteiger partial charge < -0.3 is 15.2 Å². The van der Waals surface area contributed by atoms with E-state index in [1.807, 2.05) is 0 Å². The van der Waals surface area contributed by atoms with Crippen molar-refractivity contribution in [2.75, 3.05) is 6.54 Å². The molecule has 0 aromatic carbocycles. The number of nitrogens with zero attached hydrogens (tertiary/aromatic N) is 4. The molecule has 0 fully saturated rings. The molecular formula is C11H14F3N5O. The highest BCUT2D eigenvalue weighted by Gasteiger charge is 2.40. The lowest BCUT2D eigenvalue weighted by molar-refractivity contribution is -0.148. The van der Waals surface area contributed by atoms with Gasteiger partial charge in [0.1, 0.15) is 0 Å². The van der Waals surface area contributed by atoms with E-state index in [4.69, 9.17) is 5.73 Å². The second-order valence-electron chi connectivity index (χ2n) is 4.48. The van der Waals surface area contributed by atoms with Gasteiger partial charge in [-0.25, -0.2) is 0 Å². The van der Waals surface area contributed by atoms with Crippen LogP contribution in [0.25, 0.3) is 0 Å². The topological polar surface area (TPSA) is 77.0 Å². The Morgan fingerprint density at radius 2 is 2.15 bits per heavy atom. The van der Waals surface area contributed by atoms with Crippen LogP contribution in [0, 0.1) is 0 Å². The maximum absolute atomic E-state index is 12.7. The quantitative estimate of drug-likeness (QED) is 0.824. The number of alkyl halides is 3. The number of halogens is 3. The van der Waals surface area contributed by atoms with Crippen molar-refractivity contribution in [1.82, 2.24) is 19.7 Å². The predicted molar refractivity (Wildman–Crippen MR) is 63.2 cm³/mol. The highest BCUT2D eigenvalue weighted by molar-refractivity contribution is 5.81. The lowest BCUT2D eigenvalue weighted by Gasteiger charge is -2.29. The maximum atomic E-state index is 12.7. The number of aromatic nitrogens is 3. The molecule has 1 aliphatic rings. The summed E-state index contributed by atoms with van der Waals surface area (Å²) >= 11 is 0. The molecule has 0 bridgehead atoms. The van der Waals surface area contributed by atoms with Crippen molar-refractivity contribution in [2.45, 2.75) is 31.7 Å². The van der Waals surface area contributed by atoms with E-state index in [-0.39, 0.29) is 31.4 Å². The van der Waals surface area contributed by atoms with Gasteiger partial charge in [-0.1, -0.05) is 6.08 Å². The summed E-state index contributed by atoms with van der Waals surface area (Å²) in [6.45, 7) is 3.63. The number of hydrogen-bond acceptors (Lipinski definition) is 4. The summed E-state index contributed by atoms with van der Waals surface area (Å²) in [5, 5.41) is 6.65. The van der Waals surface area contributed by atoms with Crippen LogP contribution in [0.1, 0.15) is 18.1 Å². The van der Waals surface area contributed by atoms with Crippen LogP contribution in [-0.4, -0.2) is 38.2 Å². The molecule has 6 nitrogen and oxygen atoms in total. The highest BCUT2D eigenvalue weighted by atomic mass is 19.4. The van der Waals surface area contributed by atoms with Crippen molar-refractivity contribution >= 4 is 5.91 Å². The zero-order chi connectivity index (χ0) is 14.9. The van der Waals surface area contributed by atoms with Gasteiger partial charge in [0, 0.05) is 13.1 Å². The highest BCUT2D eigenvalue weighted by Crippen LogP contribution is 2.29. The molecule has 0 saturated heterocycles. The Kier molecular flexibility index (Phi) is 3.80. The van der Waals surface area contributed by atoms with Crippen molar-refractivity contribution in [3.05, 3.63) is 24.3 Å². The molecule has 1 aliphatic heterocycles. The fourth-order valence-corrected chi connectivity index (χ4v) is 2.07. The first-order valence-corrected chi connectivity index (χ1v) is 5.99. The summed E-state index contributed by atoms with van der Waals surface area (Å²) in [6, 6.07) is -0.732. The average Bonchev–Trinajstić information content (AvgIpc) is 2.80. The summed E-state index contributed by atoms with van der Waals surface area (Å²) < 4.78 is 39.0. The fourth-order valence-electron chi connectivity index (χ4n) is 2.07. The second-order valence-corrected chi connectivity index (χ2v) is 4.48. The Labute approximate surface area is 113 Å². The van der Waals surface area contributed by atoms with E-state index in [0.29, 0.717) is 6.42 Å². The second kappa shape index (κ2) is 5.23. The van der Waals surface area contributed by atoms with Crippen LogP contribution in [0.5, 0.6) is 0 Å². The average molecular weight is 289 g/mol. The SMILES string of the molecule is C=CCC(N)C(=O)N1CCn2c(nnc2C(F)(F)F)C1. The predicted octanol–water partition coefficient (Wildman–Crippen LogP) is 0.543. The van der Waals surface area contributed by atoms with E-state index in [1.165, 1.54) is 11.0 Å². The first kappa shape index (κ1) is 14.5. The molecule has 2 rings (SSSR count). The Morgan fingerprint density at radius 3 is 2.75 bits per heavy atom. The monoisotopic (exact) mass is 289 g/mol. The van der Waals surface area contributed by atoms with Gasteiger partial charge >= 0.3 is 6.18 Å². The first-order chi connectivity index (χ1) is 9.34. The van der Waals surface area contributed by atoms with Crippen LogP contribution in [0.2, 0.25) is 0 Å². The van der Waals surface area contributed by atoms with Gasteiger partial charge in [-0.15, -0.1) is 16.8 Å². The maximum Gasteiger partial charge on any atom is 0.451 e. The van der Waals surface area contributed by atoms with Gasteiger partial charge in [0.15, 0.2) is 5.82 Å². The fraction of sp³-hybridized carbons (Fsp3) is 0.545. The van der Waals surface area contributed by atoms with E-state index in [9.17, 15) is 18.0 Å². The summed E-state index contributed by atoms with van der Waals surface area (Å²) in [4.78, 5) is 13.4.